The van der Waals surface area contributed by atoms with Gasteiger partial charge in [-0.3, -0.25) is 0 Å². The number of benzene rings is 1. The molecule has 0 amide bonds. The fourth-order valence-electron chi connectivity index (χ4n) is 2.56. The van der Waals surface area contributed by atoms with Crippen LogP contribution in [0.25, 0.3) is 0 Å². The number of rotatable bonds is 8. The van der Waals surface area contributed by atoms with Gasteiger partial charge < -0.3 is 15.5 Å². The van der Waals surface area contributed by atoms with Crippen LogP contribution in [0.4, 0.5) is 0 Å². The molecule has 1 heterocycles. The van der Waals surface area contributed by atoms with Crippen LogP contribution < -0.4 is 10.6 Å². The van der Waals surface area contributed by atoms with Crippen molar-refractivity contribution in [2.75, 3.05) is 27.2 Å². The van der Waals surface area contributed by atoms with Gasteiger partial charge >= 0.3 is 0 Å². The maximum atomic E-state index is 4.70. The van der Waals surface area contributed by atoms with Crippen LogP contribution in [-0.2, 0) is 19.5 Å². The Hall–Kier alpha value is -1.19. The molecule has 0 unspecified atom stereocenters. The predicted octanol–water partition coefficient (Wildman–Crippen LogP) is 3.74. The predicted molar refractivity (Wildman–Crippen MR) is 127 cm³/mol. The van der Waals surface area contributed by atoms with Crippen molar-refractivity contribution in [3.63, 3.8) is 0 Å². The SMILES string of the molecule is CCNC(=NCc1ccc(CN(C)C)cc1)NCCc1nc(C)c(C)s1.I. The first-order chi connectivity index (χ1) is 12.5. The third-order valence-corrected chi connectivity index (χ3v) is 5.12. The summed E-state index contributed by atoms with van der Waals surface area (Å²) in [6, 6.07) is 8.68. The summed E-state index contributed by atoms with van der Waals surface area (Å²) >= 11 is 1.78. The van der Waals surface area contributed by atoms with Gasteiger partial charge in [-0.05, 0) is 46.0 Å². The van der Waals surface area contributed by atoms with Crippen molar-refractivity contribution in [1.82, 2.24) is 20.5 Å². The zero-order chi connectivity index (χ0) is 18.9. The van der Waals surface area contributed by atoms with Gasteiger partial charge in [-0.2, -0.15) is 0 Å². The lowest BCUT2D eigenvalue weighted by molar-refractivity contribution is 0.402. The van der Waals surface area contributed by atoms with Gasteiger partial charge in [0.1, 0.15) is 0 Å². The second kappa shape index (κ2) is 12.3. The van der Waals surface area contributed by atoms with E-state index >= 15 is 0 Å². The molecular weight excluding hydrogens is 469 g/mol. The summed E-state index contributed by atoms with van der Waals surface area (Å²) in [6.07, 6.45) is 0.920. The Morgan fingerprint density at radius 1 is 1.11 bits per heavy atom. The first-order valence-electron chi connectivity index (χ1n) is 9.15. The second-order valence-electron chi connectivity index (χ2n) is 6.68. The number of aryl methyl sites for hydroxylation is 2. The Bertz CT molecular complexity index is 690. The Balaban J connectivity index is 0.00000364. The number of aliphatic imine (C=N–C) groups is 1. The van der Waals surface area contributed by atoms with Crippen LogP contribution in [0, 0.1) is 13.8 Å². The molecule has 0 saturated carbocycles. The van der Waals surface area contributed by atoms with Gasteiger partial charge in [0.05, 0.1) is 17.2 Å². The molecule has 1 aromatic heterocycles. The molecule has 0 aliphatic carbocycles. The Morgan fingerprint density at radius 3 is 2.33 bits per heavy atom. The minimum absolute atomic E-state index is 0. The fourth-order valence-corrected chi connectivity index (χ4v) is 3.49. The van der Waals surface area contributed by atoms with Gasteiger partial charge in [-0.15, -0.1) is 35.3 Å². The smallest absolute Gasteiger partial charge is 0.191 e. The molecule has 0 spiro atoms. The first kappa shape index (κ1) is 23.8. The molecule has 7 heteroatoms. The summed E-state index contributed by atoms with van der Waals surface area (Å²) in [5.41, 5.74) is 3.68. The number of thiazole rings is 1. The summed E-state index contributed by atoms with van der Waals surface area (Å²) in [4.78, 5) is 12.8. The molecule has 2 rings (SSSR count). The lowest BCUT2D eigenvalue weighted by atomic mass is 10.1. The van der Waals surface area contributed by atoms with E-state index in [2.05, 4.69) is 79.6 Å². The van der Waals surface area contributed by atoms with Crippen molar-refractivity contribution in [3.8, 4) is 0 Å². The van der Waals surface area contributed by atoms with Gasteiger partial charge in [-0.1, -0.05) is 24.3 Å². The van der Waals surface area contributed by atoms with Crippen LogP contribution in [-0.4, -0.2) is 43.0 Å². The topological polar surface area (TPSA) is 52.6 Å². The molecule has 0 aliphatic rings. The van der Waals surface area contributed by atoms with Crippen molar-refractivity contribution < 1.29 is 0 Å². The van der Waals surface area contributed by atoms with Gasteiger partial charge in [0.25, 0.3) is 0 Å². The van der Waals surface area contributed by atoms with Crippen molar-refractivity contribution in [1.29, 1.82) is 0 Å². The standard InChI is InChI=1S/C20H31N5S.HI/c1-6-21-20(22-12-11-19-24-15(2)16(3)26-19)23-13-17-7-9-18(10-8-17)14-25(4)5;/h7-10H,6,11-14H2,1-5H3,(H2,21,22,23);1H. The third kappa shape index (κ3) is 8.57. The molecule has 2 N–H and O–H groups in total. The highest BCUT2D eigenvalue weighted by atomic mass is 127. The number of halogens is 1. The Morgan fingerprint density at radius 2 is 1.78 bits per heavy atom. The Kier molecular flexibility index (Phi) is 10.9. The summed E-state index contributed by atoms with van der Waals surface area (Å²) in [5.74, 6) is 0.856. The van der Waals surface area contributed by atoms with Gasteiger partial charge in [0.2, 0.25) is 0 Å². The molecule has 0 radical (unpaired) electrons. The van der Waals surface area contributed by atoms with E-state index in [0.29, 0.717) is 6.54 Å². The molecule has 150 valence electrons. The summed E-state index contributed by atoms with van der Waals surface area (Å²) in [6.45, 7) is 9.59. The van der Waals surface area contributed by atoms with Gasteiger partial charge in [-0.25, -0.2) is 9.98 Å². The minimum atomic E-state index is 0. The third-order valence-electron chi connectivity index (χ3n) is 3.99. The van der Waals surface area contributed by atoms with Crippen LogP contribution in [0.15, 0.2) is 29.3 Å². The summed E-state index contributed by atoms with van der Waals surface area (Å²) in [7, 11) is 4.17. The van der Waals surface area contributed by atoms with E-state index < -0.39 is 0 Å². The highest BCUT2D eigenvalue weighted by molar-refractivity contribution is 14.0. The molecular formula is C20H32IN5S. The molecule has 1 aromatic carbocycles. The van der Waals surface area contributed by atoms with E-state index in [1.54, 1.807) is 11.3 Å². The molecule has 0 bridgehead atoms. The van der Waals surface area contributed by atoms with Gasteiger partial charge in [0.15, 0.2) is 5.96 Å². The lowest BCUT2D eigenvalue weighted by Gasteiger charge is -2.11. The number of hydrogen-bond donors (Lipinski definition) is 2. The maximum absolute atomic E-state index is 4.70. The molecule has 27 heavy (non-hydrogen) atoms. The van der Waals surface area contributed by atoms with E-state index in [9.17, 15) is 0 Å². The van der Waals surface area contributed by atoms with E-state index in [1.807, 2.05) is 0 Å². The largest absolute Gasteiger partial charge is 0.357 e. The van der Waals surface area contributed by atoms with E-state index in [1.165, 1.54) is 21.0 Å². The van der Waals surface area contributed by atoms with Crippen LogP contribution in [0.5, 0.6) is 0 Å². The average molecular weight is 501 g/mol. The fraction of sp³-hybridized carbons (Fsp3) is 0.500. The van der Waals surface area contributed by atoms with Crippen LogP contribution in [0.1, 0.15) is 33.6 Å². The monoisotopic (exact) mass is 501 g/mol. The highest BCUT2D eigenvalue weighted by Gasteiger charge is 2.04. The van der Waals surface area contributed by atoms with E-state index in [4.69, 9.17) is 4.99 Å². The molecule has 0 aliphatic heterocycles. The van der Waals surface area contributed by atoms with E-state index in [0.717, 1.165) is 37.7 Å². The van der Waals surface area contributed by atoms with E-state index in [-0.39, 0.29) is 24.0 Å². The summed E-state index contributed by atoms with van der Waals surface area (Å²) in [5, 5.41) is 7.89. The first-order valence-corrected chi connectivity index (χ1v) is 9.97. The normalized spacial score (nSPS) is 11.4. The molecule has 0 atom stereocenters. The number of hydrogen-bond acceptors (Lipinski definition) is 4. The molecule has 5 nitrogen and oxygen atoms in total. The lowest BCUT2D eigenvalue weighted by Crippen LogP contribution is -2.38. The van der Waals surface area contributed by atoms with Crippen LogP contribution in [0.3, 0.4) is 0 Å². The molecule has 0 fully saturated rings. The Labute approximate surface area is 184 Å². The zero-order valence-corrected chi connectivity index (χ0v) is 20.1. The number of guanidine groups is 1. The van der Waals surface area contributed by atoms with Crippen LogP contribution in [0.2, 0.25) is 0 Å². The second-order valence-corrected chi connectivity index (χ2v) is 7.96. The zero-order valence-electron chi connectivity index (χ0n) is 17.0. The van der Waals surface area contributed by atoms with Crippen LogP contribution >= 0.6 is 35.3 Å². The highest BCUT2D eigenvalue weighted by Crippen LogP contribution is 2.16. The number of nitrogens with zero attached hydrogens (tertiary/aromatic N) is 3. The van der Waals surface area contributed by atoms with Gasteiger partial charge in [0, 0.05) is 30.9 Å². The summed E-state index contributed by atoms with van der Waals surface area (Å²) < 4.78 is 0. The van der Waals surface area contributed by atoms with Crippen molar-refractivity contribution >= 4 is 41.3 Å². The van der Waals surface area contributed by atoms with Crippen molar-refractivity contribution in [2.24, 2.45) is 4.99 Å². The molecule has 2 aromatic rings. The molecule has 0 saturated heterocycles. The number of aromatic nitrogens is 1. The van der Waals surface area contributed by atoms with Crippen molar-refractivity contribution in [2.45, 2.75) is 40.3 Å². The van der Waals surface area contributed by atoms with Crippen molar-refractivity contribution in [3.05, 3.63) is 51.0 Å². The minimum Gasteiger partial charge on any atom is -0.357 e. The maximum Gasteiger partial charge on any atom is 0.191 e. The average Bonchev–Trinajstić information content (AvgIpc) is 2.91. The number of nitrogens with one attached hydrogen (secondary N) is 2. The quantitative estimate of drug-likeness (QED) is 0.329.